The molecule has 1 fully saturated rings. The molecule has 46 heavy (non-hydrogen) atoms. The van der Waals surface area contributed by atoms with Crippen molar-refractivity contribution < 1.29 is 31.1 Å². The van der Waals surface area contributed by atoms with E-state index in [2.05, 4.69) is 5.32 Å². The Kier molecular flexibility index (Phi) is 10.7. The van der Waals surface area contributed by atoms with E-state index in [1.54, 1.807) is 13.2 Å². The van der Waals surface area contributed by atoms with E-state index in [9.17, 15) is 21.6 Å². The highest BCUT2D eigenvalue weighted by atomic mass is 35.5. The van der Waals surface area contributed by atoms with E-state index in [0.29, 0.717) is 44.5 Å². The van der Waals surface area contributed by atoms with E-state index < -0.39 is 15.5 Å². The minimum atomic E-state index is -5.38. The number of hydrogen-bond donors (Lipinski definition) is 1. The van der Waals surface area contributed by atoms with Crippen molar-refractivity contribution in [1.29, 1.82) is 0 Å². The van der Waals surface area contributed by atoms with E-state index in [1.165, 1.54) is 0 Å². The number of methoxy groups -OCH3 is 1. The van der Waals surface area contributed by atoms with Gasteiger partial charge < -0.3 is 14.8 Å². The van der Waals surface area contributed by atoms with Crippen LogP contribution in [-0.4, -0.2) is 62.2 Å². The SMILES string of the molecule is COCCC(C)Oc1cc(NC2CCN(S(=O)(=O)C(F)(F)F)CC2)c2cc(C(c3ccc(Cl)cc3)c3ccc(Cl)cc3)ccc2n1. The van der Waals surface area contributed by atoms with Gasteiger partial charge in [0.25, 0.3) is 0 Å². The van der Waals surface area contributed by atoms with Crippen molar-refractivity contribution in [3.63, 3.8) is 0 Å². The van der Waals surface area contributed by atoms with E-state index in [0.717, 1.165) is 22.1 Å². The van der Waals surface area contributed by atoms with Crippen molar-refractivity contribution in [2.75, 3.05) is 32.1 Å². The van der Waals surface area contributed by atoms with E-state index in [4.69, 9.17) is 37.7 Å². The Labute approximate surface area is 276 Å². The number of fused-ring (bicyclic) bond motifs is 1. The lowest BCUT2D eigenvalue weighted by Gasteiger charge is -2.32. The second-order valence-electron chi connectivity index (χ2n) is 11.3. The lowest BCUT2D eigenvalue weighted by Crippen LogP contribution is -2.47. The first-order chi connectivity index (χ1) is 21.9. The van der Waals surface area contributed by atoms with Gasteiger partial charge in [-0.15, -0.1) is 0 Å². The molecule has 3 aromatic carbocycles. The molecule has 246 valence electrons. The number of benzene rings is 3. The van der Waals surface area contributed by atoms with Crippen LogP contribution < -0.4 is 10.1 Å². The molecule has 1 atom stereocenters. The number of nitrogens with zero attached hydrogens (tertiary/aromatic N) is 2. The zero-order chi connectivity index (χ0) is 33.1. The second kappa shape index (κ2) is 14.4. The molecular weight excluding hydrogens is 662 g/mol. The van der Waals surface area contributed by atoms with Gasteiger partial charge in [0.05, 0.1) is 11.6 Å². The molecule has 1 saturated heterocycles. The van der Waals surface area contributed by atoms with Gasteiger partial charge in [0.2, 0.25) is 5.88 Å². The van der Waals surface area contributed by atoms with Crippen molar-refractivity contribution in [3.8, 4) is 5.88 Å². The molecule has 0 bridgehead atoms. The number of halogens is 5. The molecule has 1 unspecified atom stereocenters. The normalized spacial score (nSPS) is 15.7. The lowest BCUT2D eigenvalue weighted by molar-refractivity contribution is -0.0494. The van der Waals surface area contributed by atoms with Crippen molar-refractivity contribution in [1.82, 2.24) is 9.29 Å². The lowest BCUT2D eigenvalue weighted by atomic mass is 9.84. The van der Waals surface area contributed by atoms with Crippen LogP contribution in [0.4, 0.5) is 18.9 Å². The Bertz CT molecular complexity index is 1700. The number of aromatic nitrogens is 1. The number of nitrogens with one attached hydrogen (secondary N) is 1. The number of hydrogen-bond acceptors (Lipinski definition) is 6. The maximum Gasteiger partial charge on any atom is 0.511 e. The van der Waals surface area contributed by atoms with E-state index in [-0.39, 0.29) is 44.0 Å². The van der Waals surface area contributed by atoms with E-state index in [1.807, 2.05) is 73.7 Å². The van der Waals surface area contributed by atoms with Crippen LogP contribution in [0.2, 0.25) is 10.0 Å². The molecule has 0 spiro atoms. The molecule has 1 aromatic heterocycles. The highest BCUT2D eigenvalue weighted by Gasteiger charge is 2.50. The zero-order valence-corrected chi connectivity index (χ0v) is 27.6. The van der Waals surface area contributed by atoms with Crippen LogP contribution in [0.25, 0.3) is 10.9 Å². The van der Waals surface area contributed by atoms with Crippen LogP contribution in [0.5, 0.6) is 5.88 Å². The standard InChI is InChI=1S/C33H34Cl2F3N3O4S/c1-21(15-18-44-2)45-31-20-30(39-27-13-16-41(17-14-27)46(42,43)33(36,37)38)28-19-24(7-12-29(28)40-31)32(22-3-8-25(34)9-4-22)23-5-10-26(35)11-6-23/h3-12,19-21,27,32H,13-18H2,1-2H3,(H,39,40). The first-order valence-electron chi connectivity index (χ1n) is 14.8. The summed E-state index contributed by atoms with van der Waals surface area (Å²) in [5.74, 6) is 0.211. The second-order valence-corrected chi connectivity index (χ2v) is 14.1. The van der Waals surface area contributed by atoms with Gasteiger partial charge in [0.1, 0.15) is 0 Å². The summed E-state index contributed by atoms with van der Waals surface area (Å²) in [5.41, 5.74) is -0.996. The highest BCUT2D eigenvalue weighted by Crippen LogP contribution is 2.38. The third kappa shape index (κ3) is 7.88. The summed E-state index contributed by atoms with van der Waals surface area (Å²) in [6.45, 7) is 1.93. The number of alkyl halides is 3. The summed E-state index contributed by atoms with van der Waals surface area (Å²) < 4.78 is 75.2. The first kappa shape index (κ1) is 34.3. The van der Waals surface area contributed by atoms with Crippen LogP contribution in [0.3, 0.4) is 0 Å². The highest BCUT2D eigenvalue weighted by molar-refractivity contribution is 7.90. The number of ether oxygens (including phenoxy) is 2. The summed E-state index contributed by atoms with van der Waals surface area (Å²) in [4.78, 5) is 4.77. The van der Waals surface area contributed by atoms with Gasteiger partial charge >= 0.3 is 15.5 Å². The molecule has 13 heteroatoms. The summed E-state index contributed by atoms with van der Waals surface area (Å²) in [7, 11) is -3.76. The van der Waals surface area contributed by atoms with Gasteiger partial charge in [-0.2, -0.15) is 17.5 Å². The Hall–Kier alpha value is -3.09. The fourth-order valence-corrected chi connectivity index (χ4v) is 6.86. The van der Waals surface area contributed by atoms with Gasteiger partial charge in [-0.25, -0.2) is 13.4 Å². The molecular formula is C33H34Cl2F3N3O4S. The van der Waals surface area contributed by atoms with Crippen molar-refractivity contribution >= 4 is 49.8 Å². The smallest absolute Gasteiger partial charge is 0.474 e. The molecule has 0 saturated carbocycles. The fourth-order valence-electron chi connectivity index (χ4n) is 5.62. The van der Waals surface area contributed by atoms with Gasteiger partial charge in [-0.3, -0.25) is 0 Å². The quantitative estimate of drug-likeness (QED) is 0.159. The van der Waals surface area contributed by atoms with Gasteiger partial charge in [-0.1, -0.05) is 53.5 Å². The Morgan fingerprint density at radius 3 is 2.04 bits per heavy atom. The Morgan fingerprint density at radius 1 is 0.935 bits per heavy atom. The predicted molar refractivity (Wildman–Crippen MR) is 175 cm³/mol. The van der Waals surface area contributed by atoms with Crippen molar-refractivity contribution in [2.45, 2.75) is 49.8 Å². The van der Waals surface area contributed by atoms with E-state index >= 15 is 0 Å². The molecule has 1 aliphatic heterocycles. The molecule has 7 nitrogen and oxygen atoms in total. The minimum Gasteiger partial charge on any atom is -0.474 e. The molecule has 4 aromatic rings. The fraction of sp³-hybridized carbons (Fsp3) is 0.364. The van der Waals surface area contributed by atoms with Crippen LogP contribution >= 0.6 is 23.2 Å². The monoisotopic (exact) mass is 695 g/mol. The molecule has 2 heterocycles. The number of rotatable bonds is 11. The minimum absolute atomic E-state index is 0.174. The first-order valence-corrected chi connectivity index (χ1v) is 17.0. The maximum absolute atomic E-state index is 13.2. The molecule has 0 radical (unpaired) electrons. The van der Waals surface area contributed by atoms with Gasteiger partial charge in [0.15, 0.2) is 0 Å². The third-order valence-corrected chi connectivity index (χ3v) is 10.2. The summed E-state index contributed by atoms with van der Waals surface area (Å²) in [5, 5.41) is 5.49. The topological polar surface area (TPSA) is 80.8 Å². The summed E-state index contributed by atoms with van der Waals surface area (Å²) in [6.07, 6.45) is 0.843. The molecule has 1 N–H and O–H groups in total. The predicted octanol–water partition coefficient (Wildman–Crippen LogP) is 8.25. The van der Waals surface area contributed by atoms with Gasteiger partial charge in [-0.05, 0) is 72.9 Å². The molecule has 0 aliphatic carbocycles. The summed E-state index contributed by atoms with van der Waals surface area (Å²) in [6, 6.07) is 22.7. The number of anilines is 1. The number of pyridine rings is 1. The van der Waals surface area contributed by atoms with Crippen molar-refractivity contribution in [3.05, 3.63) is 99.5 Å². The average molecular weight is 697 g/mol. The Morgan fingerprint density at radius 2 is 1.50 bits per heavy atom. The summed E-state index contributed by atoms with van der Waals surface area (Å²) >= 11 is 12.4. The average Bonchev–Trinajstić information content (AvgIpc) is 3.02. The third-order valence-electron chi connectivity index (χ3n) is 8.05. The van der Waals surface area contributed by atoms with Crippen LogP contribution in [0.15, 0.2) is 72.8 Å². The van der Waals surface area contributed by atoms with Crippen molar-refractivity contribution in [2.24, 2.45) is 0 Å². The largest absolute Gasteiger partial charge is 0.511 e. The van der Waals surface area contributed by atoms with Crippen LogP contribution in [0, 0.1) is 0 Å². The van der Waals surface area contributed by atoms with Crippen LogP contribution in [-0.2, 0) is 14.8 Å². The van der Waals surface area contributed by atoms with Crippen LogP contribution in [0.1, 0.15) is 48.8 Å². The Balaban J connectivity index is 1.52. The molecule has 5 rings (SSSR count). The zero-order valence-electron chi connectivity index (χ0n) is 25.2. The number of sulfonamides is 1. The molecule has 0 amide bonds. The van der Waals surface area contributed by atoms with Gasteiger partial charge in [0, 0.05) is 72.4 Å². The molecule has 1 aliphatic rings. The maximum atomic E-state index is 13.2. The number of piperidine rings is 1.